The second kappa shape index (κ2) is 10.4. The Morgan fingerprint density at radius 2 is 1.68 bits per heavy atom. The van der Waals surface area contributed by atoms with Crippen molar-refractivity contribution in [3.8, 4) is 0 Å². The van der Waals surface area contributed by atoms with E-state index < -0.39 is 47.1 Å². The molecule has 0 bridgehead atoms. The Bertz CT molecular complexity index is 508. The second-order valence-corrected chi connectivity index (χ2v) is 6.92. The van der Waals surface area contributed by atoms with Crippen LogP contribution in [0.15, 0.2) is 0 Å². The van der Waals surface area contributed by atoms with E-state index in [9.17, 15) is 23.4 Å². The van der Waals surface area contributed by atoms with E-state index in [1.807, 2.05) is 0 Å². The van der Waals surface area contributed by atoms with Gasteiger partial charge in [0.1, 0.15) is 12.2 Å². The van der Waals surface area contributed by atoms with Crippen LogP contribution in [0.25, 0.3) is 0 Å². The molecule has 25 heavy (non-hydrogen) atoms. The molecule has 1 heterocycles. The molecule has 0 aliphatic carbocycles. The first-order chi connectivity index (χ1) is 11.7. The second-order valence-electron chi connectivity index (χ2n) is 5.87. The summed E-state index contributed by atoms with van der Waals surface area (Å²) in [6.07, 6.45) is -3.29. The molecule has 1 rings (SSSR count). The maximum absolute atomic E-state index is 11.1. The minimum Gasteiger partial charge on any atom is -0.479 e. The van der Waals surface area contributed by atoms with Gasteiger partial charge in [0.25, 0.3) is 0 Å². The zero-order chi connectivity index (χ0) is 19.0. The SMILES string of the molecule is CCCCCCCCO[C@@H]1O[C@H](C(=O)O)[C@@H](O)[C@H](O)[C@H]1OS(=O)(=O)O. The van der Waals surface area contributed by atoms with Gasteiger partial charge in [-0.05, 0) is 6.42 Å². The molecule has 0 amide bonds. The van der Waals surface area contributed by atoms with Gasteiger partial charge in [0, 0.05) is 6.61 Å². The van der Waals surface area contributed by atoms with E-state index in [0.717, 1.165) is 32.1 Å². The maximum atomic E-state index is 11.1. The number of rotatable bonds is 11. The first-order valence-corrected chi connectivity index (χ1v) is 9.55. The van der Waals surface area contributed by atoms with E-state index in [0.29, 0.717) is 6.42 Å². The fourth-order valence-corrected chi connectivity index (χ4v) is 2.99. The van der Waals surface area contributed by atoms with Crippen LogP contribution in [0.1, 0.15) is 45.4 Å². The van der Waals surface area contributed by atoms with E-state index in [-0.39, 0.29) is 6.61 Å². The quantitative estimate of drug-likeness (QED) is 0.283. The number of carboxylic acids is 1. The van der Waals surface area contributed by atoms with Gasteiger partial charge in [0.15, 0.2) is 18.5 Å². The van der Waals surface area contributed by atoms with Gasteiger partial charge in [-0.15, -0.1) is 0 Å². The molecule has 0 saturated carbocycles. The number of hydrogen-bond acceptors (Lipinski definition) is 8. The van der Waals surface area contributed by atoms with Gasteiger partial charge in [-0.2, -0.15) is 8.42 Å². The fourth-order valence-electron chi connectivity index (χ4n) is 2.50. The number of carboxylic acid groups (broad SMARTS) is 1. The van der Waals surface area contributed by atoms with Gasteiger partial charge < -0.3 is 24.8 Å². The van der Waals surface area contributed by atoms with Crippen molar-refractivity contribution in [2.24, 2.45) is 0 Å². The summed E-state index contributed by atoms with van der Waals surface area (Å²) in [5.41, 5.74) is 0. The summed E-state index contributed by atoms with van der Waals surface area (Å²) in [5, 5.41) is 28.6. The van der Waals surface area contributed by atoms with Crippen LogP contribution in [-0.2, 0) is 28.9 Å². The van der Waals surface area contributed by atoms with Crippen LogP contribution < -0.4 is 0 Å². The van der Waals surface area contributed by atoms with E-state index in [1.54, 1.807) is 0 Å². The summed E-state index contributed by atoms with van der Waals surface area (Å²) < 4.78 is 45.2. The minimum atomic E-state index is -4.97. The van der Waals surface area contributed by atoms with Crippen molar-refractivity contribution in [1.82, 2.24) is 0 Å². The van der Waals surface area contributed by atoms with E-state index in [1.165, 1.54) is 0 Å². The molecule has 0 aromatic heterocycles. The Labute approximate surface area is 146 Å². The molecule has 1 aliphatic rings. The summed E-state index contributed by atoms with van der Waals surface area (Å²) in [5.74, 6) is -1.55. The van der Waals surface area contributed by atoms with Crippen molar-refractivity contribution in [3.05, 3.63) is 0 Å². The molecule has 4 N–H and O–H groups in total. The normalized spacial score (nSPS) is 30.3. The smallest absolute Gasteiger partial charge is 0.397 e. The van der Waals surface area contributed by atoms with Gasteiger partial charge in [-0.3, -0.25) is 4.55 Å². The topological polar surface area (TPSA) is 160 Å². The highest BCUT2D eigenvalue weighted by Gasteiger charge is 2.50. The van der Waals surface area contributed by atoms with Crippen LogP contribution in [0.4, 0.5) is 0 Å². The Balaban J connectivity index is 2.64. The van der Waals surface area contributed by atoms with Crippen LogP contribution in [-0.4, -0.2) is 71.6 Å². The first kappa shape index (κ1) is 22.2. The molecule has 1 aliphatic heterocycles. The summed E-state index contributed by atoms with van der Waals surface area (Å²) in [6.45, 7) is 2.20. The molecule has 11 heteroatoms. The van der Waals surface area contributed by atoms with Crippen LogP contribution in [0.2, 0.25) is 0 Å². The lowest BCUT2D eigenvalue weighted by molar-refractivity contribution is -0.288. The van der Waals surface area contributed by atoms with Gasteiger partial charge in [0.2, 0.25) is 0 Å². The molecule has 148 valence electrons. The van der Waals surface area contributed by atoms with E-state index >= 15 is 0 Å². The van der Waals surface area contributed by atoms with E-state index in [2.05, 4.69) is 11.1 Å². The predicted molar refractivity (Wildman–Crippen MR) is 84.1 cm³/mol. The predicted octanol–water partition coefficient (Wildman–Crippen LogP) is 0.0828. The van der Waals surface area contributed by atoms with Gasteiger partial charge in [-0.25, -0.2) is 8.98 Å². The number of aliphatic carboxylic acids is 1. The lowest BCUT2D eigenvalue weighted by atomic mass is 9.99. The third-order valence-corrected chi connectivity index (χ3v) is 4.27. The lowest BCUT2D eigenvalue weighted by Gasteiger charge is -2.39. The molecule has 1 saturated heterocycles. The third kappa shape index (κ3) is 7.52. The summed E-state index contributed by atoms with van der Waals surface area (Å²) in [7, 11) is -4.97. The number of aliphatic hydroxyl groups excluding tert-OH is 2. The molecular formula is C14H26O10S. The van der Waals surface area contributed by atoms with Crippen molar-refractivity contribution in [3.63, 3.8) is 0 Å². The molecule has 0 spiro atoms. The molecule has 10 nitrogen and oxygen atoms in total. The summed E-state index contributed by atoms with van der Waals surface area (Å²) in [4.78, 5) is 11.1. The number of aliphatic hydroxyl groups is 2. The van der Waals surface area contributed by atoms with Crippen molar-refractivity contribution < 1.29 is 46.7 Å². The van der Waals surface area contributed by atoms with Crippen molar-refractivity contribution >= 4 is 16.4 Å². The molecule has 0 unspecified atom stereocenters. The van der Waals surface area contributed by atoms with Crippen molar-refractivity contribution in [1.29, 1.82) is 0 Å². The molecule has 5 atom stereocenters. The molecule has 0 aromatic rings. The van der Waals surface area contributed by atoms with Crippen LogP contribution in [0.5, 0.6) is 0 Å². The Morgan fingerprint density at radius 1 is 1.08 bits per heavy atom. The highest BCUT2D eigenvalue weighted by atomic mass is 32.3. The maximum Gasteiger partial charge on any atom is 0.397 e. The Kier molecular flexibility index (Phi) is 9.21. The molecular weight excluding hydrogens is 360 g/mol. The molecule has 0 aromatic carbocycles. The van der Waals surface area contributed by atoms with Crippen molar-refractivity contribution in [2.75, 3.05) is 6.61 Å². The lowest BCUT2D eigenvalue weighted by Crippen LogP contribution is -2.61. The zero-order valence-corrected chi connectivity index (χ0v) is 14.8. The Morgan fingerprint density at radius 3 is 2.24 bits per heavy atom. The number of ether oxygens (including phenoxy) is 2. The average molecular weight is 386 g/mol. The van der Waals surface area contributed by atoms with Gasteiger partial charge >= 0.3 is 16.4 Å². The monoisotopic (exact) mass is 386 g/mol. The fraction of sp³-hybridized carbons (Fsp3) is 0.929. The highest BCUT2D eigenvalue weighted by molar-refractivity contribution is 7.80. The van der Waals surface area contributed by atoms with Crippen LogP contribution >= 0.6 is 0 Å². The number of unbranched alkanes of at least 4 members (excludes halogenated alkanes) is 5. The largest absolute Gasteiger partial charge is 0.479 e. The standard InChI is InChI=1S/C14H26O10S/c1-2-3-4-5-6-7-8-22-14-12(24-25(19,20)21)10(16)9(15)11(23-14)13(17)18/h9-12,14-16H,2-8H2,1H3,(H,17,18)(H,19,20,21)/t9-,10-,11-,12+,14+/m0/s1. The number of hydrogen-bond donors (Lipinski definition) is 4. The Hall–Kier alpha value is -0.820. The van der Waals surface area contributed by atoms with E-state index in [4.69, 9.17) is 19.1 Å². The number of carbonyl (C=O) groups is 1. The zero-order valence-electron chi connectivity index (χ0n) is 14.0. The van der Waals surface area contributed by atoms with Crippen LogP contribution in [0, 0.1) is 0 Å². The van der Waals surface area contributed by atoms with Crippen LogP contribution in [0.3, 0.4) is 0 Å². The molecule has 0 radical (unpaired) electrons. The van der Waals surface area contributed by atoms with Crippen molar-refractivity contribution in [2.45, 2.75) is 76.2 Å². The first-order valence-electron chi connectivity index (χ1n) is 8.19. The highest BCUT2D eigenvalue weighted by Crippen LogP contribution is 2.26. The summed E-state index contributed by atoms with van der Waals surface area (Å²) >= 11 is 0. The minimum absolute atomic E-state index is 0.108. The third-order valence-electron chi connectivity index (χ3n) is 3.80. The average Bonchev–Trinajstić information content (AvgIpc) is 2.51. The van der Waals surface area contributed by atoms with Gasteiger partial charge in [-0.1, -0.05) is 39.0 Å². The van der Waals surface area contributed by atoms with Gasteiger partial charge in [0.05, 0.1) is 0 Å². The molecule has 1 fully saturated rings. The summed E-state index contributed by atoms with van der Waals surface area (Å²) in [6, 6.07) is 0.